The highest BCUT2D eigenvalue weighted by molar-refractivity contribution is 9.10. The molecule has 2 bridgehead atoms. The molecule has 2 saturated heterocycles. The number of fused-ring (bicyclic) bond motifs is 2. The van der Waals surface area contributed by atoms with Crippen molar-refractivity contribution in [2.45, 2.75) is 51.0 Å². The van der Waals surface area contributed by atoms with Crippen molar-refractivity contribution >= 4 is 21.9 Å². The van der Waals surface area contributed by atoms with Gasteiger partial charge in [-0.25, -0.2) is 9.38 Å². The predicted molar refractivity (Wildman–Crippen MR) is 88.4 cm³/mol. The summed E-state index contributed by atoms with van der Waals surface area (Å²) in [7, 11) is 0. The van der Waals surface area contributed by atoms with Crippen molar-refractivity contribution in [3.63, 3.8) is 0 Å². The lowest BCUT2D eigenvalue weighted by atomic mass is 9.96. The van der Waals surface area contributed by atoms with E-state index >= 15 is 0 Å². The van der Waals surface area contributed by atoms with Crippen LogP contribution in [0.15, 0.2) is 27.7 Å². The number of benzene rings is 1. The minimum Gasteiger partial charge on any atom is -0.373 e. The van der Waals surface area contributed by atoms with Crippen LogP contribution in [0.5, 0.6) is 0 Å². The highest BCUT2D eigenvalue weighted by Gasteiger charge is 2.41. The molecule has 2 fully saturated rings. The van der Waals surface area contributed by atoms with Crippen LogP contribution in [-0.2, 0) is 11.3 Å². The van der Waals surface area contributed by atoms with Crippen LogP contribution >= 0.6 is 15.9 Å². The Morgan fingerprint density at radius 2 is 2.27 bits per heavy atom. The van der Waals surface area contributed by atoms with Gasteiger partial charge in [0.05, 0.1) is 24.8 Å². The van der Waals surface area contributed by atoms with Crippen molar-refractivity contribution < 1.29 is 9.13 Å². The lowest BCUT2D eigenvalue weighted by Crippen LogP contribution is -2.47. The molecular weight excluding hydrogens is 349 g/mol. The number of nitrogens with one attached hydrogen (secondary N) is 2. The van der Waals surface area contributed by atoms with Crippen LogP contribution < -0.4 is 10.6 Å². The first kappa shape index (κ1) is 15.7. The molecule has 0 spiro atoms. The van der Waals surface area contributed by atoms with Gasteiger partial charge in [0.15, 0.2) is 5.96 Å². The summed E-state index contributed by atoms with van der Waals surface area (Å²) in [4.78, 5) is 4.56. The van der Waals surface area contributed by atoms with E-state index in [9.17, 15) is 4.39 Å². The second kappa shape index (κ2) is 6.96. The number of guanidine groups is 1. The lowest BCUT2D eigenvalue weighted by molar-refractivity contribution is 0.0992. The third-order valence-corrected chi connectivity index (χ3v) is 4.57. The standard InChI is InChI=1S/C16H21BrFN3O/c1-2-19-16(21-14-8-13-3-4-15(14)22-13)20-9-10-5-11(17)7-12(18)6-10/h5-7,13-15H,2-4,8-9H2,1H3,(H2,19,20,21). The summed E-state index contributed by atoms with van der Waals surface area (Å²) >= 11 is 3.31. The van der Waals surface area contributed by atoms with Crippen molar-refractivity contribution in [1.82, 2.24) is 10.6 Å². The van der Waals surface area contributed by atoms with Gasteiger partial charge in [0.25, 0.3) is 0 Å². The maximum atomic E-state index is 13.4. The van der Waals surface area contributed by atoms with Gasteiger partial charge in [-0.3, -0.25) is 0 Å². The third-order valence-electron chi connectivity index (χ3n) is 4.11. The molecule has 2 aliphatic rings. The summed E-state index contributed by atoms with van der Waals surface area (Å²) in [5, 5.41) is 6.70. The van der Waals surface area contributed by atoms with Gasteiger partial charge in [0, 0.05) is 11.0 Å². The smallest absolute Gasteiger partial charge is 0.191 e. The molecule has 0 radical (unpaired) electrons. The van der Waals surface area contributed by atoms with Crippen molar-refractivity contribution in [2.75, 3.05) is 6.54 Å². The molecule has 6 heteroatoms. The van der Waals surface area contributed by atoms with E-state index in [1.165, 1.54) is 18.6 Å². The molecule has 2 N–H and O–H groups in total. The van der Waals surface area contributed by atoms with Gasteiger partial charge in [-0.15, -0.1) is 0 Å². The zero-order valence-corrected chi connectivity index (χ0v) is 14.2. The van der Waals surface area contributed by atoms with Crippen molar-refractivity contribution in [1.29, 1.82) is 0 Å². The van der Waals surface area contributed by atoms with Crippen LogP contribution in [0.2, 0.25) is 0 Å². The number of aliphatic imine (C=N–C) groups is 1. The van der Waals surface area contributed by atoms with Gasteiger partial charge in [-0.05, 0) is 49.9 Å². The molecule has 1 aromatic rings. The zero-order chi connectivity index (χ0) is 15.5. The van der Waals surface area contributed by atoms with Crippen molar-refractivity contribution in [3.8, 4) is 0 Å². The Balaban J connectivity index is 1.64. The SMILES string of the molecule is CCNC(=NCc1cc(F)cc(Br)c1)NC1CC2CCC1O2. The minimum atomic E-state index is -0.251. The molecule has 0 saturated carbocycles. The molecule has 22 heavy (non-hydrogen) atoms. The maximum absolute atomic E-state index is 13.4. The molecular formula is C16H21BrFN3O. The Hall–Kier alpha value is -1.14. The Labute approximate surface area is 138 Å². The number of rotatable bonds is 4. The van der Waals surface area contributed by atoms with E-state index in [1.54, 1.807) is 0 Å². The summed E-state index contributed by atoms with van der Waals surface area (Å²) in [6.45, 7) is 3.26. The molecule has 0 amide bonds. The van der Waals surface area contributed by atoms with E-state index in [0.717, 1.165) is 35.4 Å². The molecule has 2 heterocycles. The van der Waals surface area contributed by atoms with Crippen LogP contribution in [0.3, 0.4) is 0 Å². The number of hydrogen-bond donors (Lipinski definition) is 2. The fourth-order valence-corrected chi connectivity index (χ4v) is 3.67. The molecule has 0 aliphatic carbocycles. The third kappa shape index (κ3) is 3.79. The van der Waals surface area contributed by atoms with Crippen LogP contribution in [0.4, 0.5) is 4.39 Å². The molecule has 3 atom stereocenters. The lowest BCUT2D eigenvalue weighted by Gasteiger charge is -2.22. The summed E-state index contributed by atoms with van der Waals surface area (Å²) in [5.41, 5.74) is 0.841. The second-order valence-corrected chi connectivity index (χ2v) is 6.75. The van der Waals surface area contributed by atoms with Gasteiger partial charge in [-0.2, -0.15) is 0 Å². The molecule has 1 aromatic carbocycles. The second-order valence-electron chi connectivity index (χ2n) is 5.83. The van der Waals surface area contributed by atoms with E-state index in [4.69, 9.17) is 4.74 Å². The van der Waals surface area contributed by atoms with Gasteiger partial charge < -0.3 is 15.4 Å². The highest BCUT2D eigenvalue weighted by atomic mass is 79.9. The summed E-state index contributed by atoms with van der Waals surface area (Å²) < 4.78 is 20.0. The number of nitrogens with zero attached hydrogens (tertiary/aromatic N) is 1. The highest BCUT2D eigenvalue weighted by Crippen LogP contribution is 2.34. The molecule has 2 aliphatic heterocycles. The molecule has 3 rings (SSSR count). The normalized spacial score (nSPS) is 27.2. The average Bonchev–Trinajstić information content (AvgIpc) is 3.06. The fourth-order valence-electron chi connectivity index (χ4n) is 3.16. The quantitative estimate of drug-likeness (QED) is 0.633. The van der Waals surface area contributed by atoms with E-state index in [1.807, 2.05) is 13.0 Å². The maximum Gasteiger partial charge on any atom is 0.191 e. The number of ether oxygens (including phenoxy) is 1. The number of hydrogen-bond acceptors (Lipinski definition) is 2. The first-order valence-corrected chi connectivity index (χ1v) is 8.58. The molecule has 3 unspecified atom stereocenters. The first-order valence-electron chi connectivity index (χ1n) is 7.79. The summed E-state index contributed by atoms with van der Waals surface area (Å²) in [6.07, 6.45) is 4.05. The van der Waals surface area contributed by atoms with Gasteiger partial charge in [0.1, 0.15) is 5.82 Å². The van der Waals surface area contributed by atoms with E-state index in [0.29, 0.717) is 24.8 Å². The Morgan fingerprint density at radius 1 is 1.41 bits per heavy atom. The van der Waals surface area contributed by atoms with Crippen LogP contribution in [-0.4, -0.2) is 30.8 Å². The van der Waals surface area contributed by atoms with Crippen LogP contribution in [0.1, 0.15) is 31.7 Å². The minimum absolute atomic E-state index is 0.251. The summed E-state index contributed by atoms with van der Waals surface area (Å²) in [5.74, 6) is 0.517. The molecule has 120 valence electrons. The van der Waals surface area contributed by atoms with E-state index in [2.05, 4.69) is 31.6 Å². The Bertz CT molecular complexity index is 546. The van der Waals surface area contributed by atoms with Crippen molar-refractivity contribution in [2.24, 2.45) is 4.99 Å². The van der Waals surface area contributed by atoms with E-state index < -0.39 is 0 Å². The largest absolute Gasteiger partial charge is 0.373 e. The molecule has 0 aromatic heterocycles. The zero-order valence-electron chi connectivity index (χ0n) is 12.6. The topological polar surface area (TPSA) is 45.7 Å². The van der Waals surface area contributed by atoms with Gasteiger partial charge >= 0.3 is 0 Å². The molecule has 4 nitrogen and oxygen atoms in total. The summed E-state index contributed by atoms with van der Waals surface area (Å²) in [6, 6.07) is 5.18. The van der Waals surface area contributed by atoms with Gasteiger partial charge in [0.2, 0.25) is 0 Å². The Kier molecular flexibility index (Phi) is 4.98. The van der Waals surface area contributed by atoms with Crippen LogP contribution in [0, 0.1) is 5.82 Å². The fraction of sp³-hybridized carbons (Fsp3) is 0.562. The van der Waals surface area contributed by atoms with E-state index in [-0.39, 0.29) is 5.82 Å². The first-order chi connectivity index (χ1) is 10.6. The number of halogens is 2. The van der Waals surface area contributed by atoms with Crippen LogP contribution in [0.25, 0.3) is 0 Å². The van der Waals surface area contributed by atoms with Gasteiger partial charge in [-0.1, -0.05) is 15.9 Å². The Morgan fingerprint density at radius 3 is 2.91 bits per heavy atom. The average molecular weight is 370 g/mol. The predicted octanol–water partition coefficient (Wildman–Crippen LogP) is 2.96. The van der Waals surface area contributed by atoms with Crippen molar-refractivity contribution in [3.05, 3.63) is 34.1 Å². The monoisotopic (exact) mass is 369 g/mol.